The van der Waals surface area contributed by atoms with E-state index in [1.54, 1.807) is 6.07 Å². The minimum atomic E-state index is -0.212. The maximum atomic E-state index is 12.5. The Hall–Kier alpha value is -3.35. The van der Waals surface area contributed by atoms with E-state index in [0.29, 0.717) is 28.9 Å². The highest BCUT2D eigenvalue weighted by Crippen LogP contribution is 2.30. The Balaban J connectivity index is 1.45. The van der Waals surface area contributed by atoms with Crippen molar-refractivity contribution in [3.05, 3.63) is 48.0 Å². The van der Waals surface area contributed by atoms with Gasteiger partial charge in [-0.25, -0.2) is 9.97 Å². The van der Waals surface area contributed by atoms with Gasteiger partial charge in [0, 0.05) is 5.39 Å². The van der Waals surface area contributed by atoms with Gasteiger partial charge in [0.1, 0.15) is 22.6 Å². The van der Waals surface area contributed by atoms with Gasteiger partial charge in [-0.2, -0.15) is 5.26 Å². The summed E-state index contributed by atoms with van der Waals surface area (Å²) in [5, 5.41) is 14.2. The van der Waals surface area contributed by atoms with E-state index in [2.05, 4.69) is 21.4 Å². The maximum Gasteiger partial charge on any atom is 0.236 e. The summed E-state index contributed by atoms with van der Waals surface area (Å²) >= 11 is 2.61. The third-order valence-corrected chi connectivity index (χ3v) is 6.36. The molecule has 0 spiro atoms. The molecule has 4 aromatic rings. The molecule has 0 aliphatic rings. The highest BCUT2D eigenvalue weighted by atomic mass is 32.2. The van der Waals surface area contributed by atoms with E-state index in [-0.39, 0.29) is 11.7 Å². The number of hydrogen-bond donors (Lipinski definition) is 1. The van der Waals surface area contributed by atoms with Crippen molar-refractivity contribution in [3.8, 4) is 17.6 Å². The van der Waals surface area contributed by atoms with Crippen LogP contribution in [0.3, 0.4) is 0 Å². The number of rotatable bonds is 8. The quantitative estimate of drug-likeness (QED) is 0.356. The first kappa shape index (κ1) is 21.9. The van der Waals surface area contributed by atoms with E-state index in [0.717, 1.165) is 32.6 Å². The van der Waals surface area contributed by atoms with Gasteiger partial charge in [-0.1, -0.05) is 23.1 Å². The predicted molar refractivity (Wildman–Crippen MR) is 128 cm³/mol. The van der Waals surface area contributed by atoms with Crippen LogP contribution < -0.4 is 14.8 Å². The molecule has 1 N–H and O–H groups in total. The number of fused-ring (bicyclic) bond motifs is 2. The van der Waals surface area contributed by atoms with Crippen LogP contribution in [0.2, 0.25) is 0 Å². The van der Waals surface area contributed by atoms with Gasteiger partial charge in [-0.3, -0.25) is 4.79 Å². The Kier molecular flexibility index (Phi) is 6.73. The van der Waals surface area contributed by atoms with Gasteiger partial charge in [0.2, 0.25) is 5.91 Å². The Morgan fingerprint density at radius 2 is 1.78 bits per heavy atom. The molecule has 0 bridgehead atoms. The summed E-state index contributed by atoms with van der Waals surface area (Å²) in [5.74, 6) is 1.41. The van der Waals surface area contributed by atoms with Crippen LogP contribution in [0.5, 0.6) is 11.5 Å². The molecule has 0 saturated carbocycles. The van der Waals surface area contributed by atoms with E-state index in [9.17, 15) is 10.1 Å². The van der Waals surface area contributed by atoms with Crippen LogP contribution in [0, 0.1) is 11.3 Å². The van der Waals surface area contributed by atoms with Crippen LogP contribution in [-0.2, 0) is 4.79 Å². The number of carbonyl (C=O) groups is 1. The van der Waals surface area contributed by atoms with Crippen LogP contribution in [-0.4, -0.2) is 34.8 Å². The van der Waals surface area contributed by atoms with Crippen LogP contribution in [0.1, 0.15) is 19.4 Å². The number of thioether (sulfide) groups is 1. The summed E-state index contributed by atoms with van der Waals surface area (Å²) in [4.78, 5) is 21.5. The topological polar surface area (TPSA) is 97.1 Å². The van der Waals surface area contributed by atoms with Crippen molar-refractivity contribution in [2.75, 3.05) is 24.3 Å². The van der Waals surface area contributed by atoms with Gasteiger partial charge < -0.3 is 14.8 Å². The number of anilines is 1. The third-order valence-electron chi connectivity index (χ3n) is 4.44. The molecule has 0 atom stereocenters. The molecule has 0 fully saturated rings. The molecule has 2 heterocycles. The van der Waals surface area contributed by atoms with Crippen molar-refractivity contribution in [3.63, 3.8) is 0 Å². The summed E-state index contributed by atoms with van der Waals surface area (Å²) in [7, 11) is 0. The summed E-state index contributed by atoms with van der Waals surface area (Å²) in [6.07, 6.45) is 0. The number of ether oxygens (including phenoxy) is 2. The molecule has 7 nitrogen and oxygen atoms in total. The monoisotopic (exact) mass is 464 g/mol. The minimum absolute atomic E-state index is 0.115. The molecule has 0 aliphatic heterocycles. The first-order chi connectivity index (χ1) is 15.6. The normalized spacial score (nSPS) is 10.8. The molecule has 4 rings (SSSR count). The minimum Gasteiger partial charge on any atom is -0.494 e. The average Bonchev–Trinajstić information content (AvgIpc) is 3.19. The fraction of sp³-hybridized carbons (Fsp3) is 0.217. The Morgan fingerprint density at radius 1 is 1.06 bits per heavy atom. The number of pyridine rings is 1. The first-order valence-corrected chi connectivity index (χ1v) is 11.8. The maximum absolute atomic E-state index is 12.5. The van der Waals surface area contributed by atoms with E-state index in [4.69, 9.17) is 9.47 Å². The number of benzene rings is 2. The van der Waals surface area contributed by atoms with Gasteiger partial charge in [-0.05, 0) is 56.3 Å². The number of carbonyl (C=O) groups excluding carboxylic acids is 1. The van der Waals surface area contributed by atoms with Crippen LogP contribution in [0.4, 0.5) is 5.13 Å². The molecular formula is C23H20N4O3S2. The molecule has 0 radical (unpaired) electrons. The van der Waals surface area contributed by atoms with Gasteiger partial charge in [0.15, 0.2) is 5.13 Å². The standard InChI is InChI=1S/C23H20N4O3S2/c1-3-29-16-5-7-18-14(10-16)9-15(12-24)22(25-18)31-13-21(28)27-23-26-19-8-6-17(30-4-2)11-20(19)32-23/h5-11H,3-4,13H2,1-2H3,(H,26,27,28). The summed E-state index contributed by atoms with van der Waals surface area (Å²) in [6.45, 7) is 5.00. The lowest BCUT2D eigenvalue weighted by atomic mass is 10.1. The van der Waals surface area contributed by atoms with Gasteiger partial charge in [0.05, 0.1) is 40.3 Å². The van der Waals surface area contributed by atoms with E-state index in [1.807, 2.05) is 50.2 Å². The number of aromatic nitrogens is 2. The van der Waals surface area contributed by atoms with E-state index in [1.165, 1.54) is 23.1 Å². The number of nitrogens with one attached hydrogen (secondary N) is 1. The highest BCUT2D eigenvalue weighted by Gasteiger charge is 2.13. The van der Waals surface area contributed by atoms with Crippen molar-refractivity contribution in [2.24, 2.45) is 0 Å². The Labute approximate surface area is 193 Å². The first-order valence-electron chi connectivity index (χ1n) is 10.0. The van der Waals surface area contributed by atoms with E-state index < -0.39 is 0 Å². The second kappa shape index (κ2) is 9.85. The molecule has 2 aromatic heterocycles. The number of amides is 1. The molecule has 1 amide bonds. The largest absolute Gasteiger partial charge is 0.494 e. The highest BCUT2D eigenvalue weighted by molar-refractivity contribution is 8.00. The zero-order valence-corrected chi connectivity index (χ0v) is 19.2. The zero-order chi connectivity index (χ0) is 22.5. The molecule has 2 aromatic carbocycles. The molecule has 0 saturated heterocycles. The van der Waals surface area contributed by atoms with Crippen LogP contribution in [0.25, 0.3) is 21.1 Å². The van der Waals surface area contributed by atoms with Gasteiger partial charge >= 0.3 is 0 Å². The molecular weight excluding hydrogens is 444 g/mol. The van der Waals surface area contributed by atoms with Crippen LogP contribution >= 0.6 is 23.1 Å². The molecule has 0 aliphatic carbocycles. The molecule has 0 unspecified atom stereocenters. The second-order valence-corrected chi connectivity index (χ2v) is 8.65. The number of nitrogens with zero attached hydrogens (tertiary/aromatic N) is 3. The van der Waals surface area contributed by atoms with Gasteiger partial charge in [-0.15, -0.1) is 0 Å². The Morgan fingerprint density at radius 3 is 2.50 bits per heavy atom. The molecule has 9 heteroatoms. The van der Waals surface area contributed by atoms with E-state index >= 15 is 0 Å². The fourth-order valence-corrected chi connectivity index (χ4v) is 4.76. The summed E-state index contributed by atoms with van der Waals surface area (Å²) in [6, 6.07) is 15.1. The Bertz CT molecular complexity index is 1330. The number of thiazole rings is 1. The zero-order valence-electron chi connectivity index (χ0n) is 17.5. The third kappa shape index (κ3) is 4.93. The summed E-state index contributed by atoms with van der Waals surface area (Å²) in [5.41, 5.74) is 1.97. The lowest BCUT2D eigenvalue weighted by molar-refractivity contribution is -0.113. The van der Waals surface area contributed by atoms with Crippen molar-refractivity contribution in [1.82, 2.24) is 9.97 Å². The van der Waals surface area contributed by atoms with Crippen molar-refractivity contribution in [1.29, 1.82) is 5.26 Å². The molecule has 162 valence electrons. The van der Waals surface area contributed by atoms with Crippen molar-refractivity contribution < 1.29 is 14.3 Å². The predicted octanol–water partition coefficient (Wildman–Crippen LogP) is 5.24. The van der Waals surface area contributed by atoms with Crippen molar-refractivity contribution in [2.45, 2.75) is 18.9 Å². The number of nitriles is 1. The average molecular weight is 465 g/mol. The number of hydrogen-bond acceptors (Lipinski definition) is 8. The smallest absolute Gasteiger partial charge is 0.236 e. The summed E-state index contributed by atoms with van der Waals surface area (Å²) < 4.78 is 12.0. The molecule has 32 heavy (non-hydrogen) atoms. The lowest BCUT2D eigenvalue weighted by Crippen LogP contribution is -2.14. The second-order valence-electron chi connectivity index (χ2n) is 6.66. The SMILES string of the molecule is CCOc1ccc2nc(SCC(=O)Nc3nc4ccc(OCC)cc4s3)c(C#N)cc2c1. The van der Waals surface area contributed by atoms with Crippen molar-refractivity contribution >= 4 is 55.3 Å². The fourth-order valence-electron chi connectivity index (χ4n) is 3.09. The van der Waals surface area contributed by atoms with Crippen LogP contribution in [0.15, 0.2) is 47.5 Å². The van der Waals surface area contributed by atoms with Gasteiger partial charge in [0.25, 0.3) is 0 Å². The lowest BCUT2D eigenvalue weighted by Gasteiger charge is -2.08.